The fourth-order valence-electron chi connectivity index (χ4n) is 3.25. The molecular formula is C14H16BrCl3N6O4S. The molecule has 0 aromatic carbocycles. The summed E-state index contributed by atoms with van der Waals surface area (Å²) in [5.74, 6) is -1.44. The summed E-state index contributed by atoms with van der Waals surface area (Å²) in [5.41, 5.74) is 0. The van der Waals surface area contributed by atoms with Crippen molar-refractivity contribution in [1.29, 1.82) is 0 Å². The third-order valence-corrected chi connectivity index (χ3v) is 6.96. The Hall–Kier alpha value is -0.820. The van der Waals surface area contributed by atoms with Crippen molar-refractivity contribution in [2.75, 3.05) is 11.9 Å². The summed E-state index contributed by atoms with van der Waals surface area (Å²) in [6.07, 6.45) is 1.87. The molecule has 0 saturated carbocycles. The number of rotatable bonds is 7. The van der Waals surface area contributed by atoms with E-state index in [4.69, 9.17) is 39.5 Å². The number of carbonyl (C=O) groups excluding carboxylic acids is 3. The van der Waals surface area contributed by atoms with Gasteiger partial charge in [0.15, 0.2) is 0 Å². The van der Waals surface area contributed by atoms with Gasteiger partial charge in [-0.3, -0.25) is 9.59 Å². The molecule has 0 spiro atoms. The minimum Gasteiger partial charge on any atom is -0.460 e. The highest BCUT2D eigenvalue weighted by Gasteiger charge is 2.65. The molecule has 3 unspecified atom stereocenters. The van der Waals surface area contributed by atoms with Gasteiger partial charge < -0.3 is 15.0 Å². The molecule has 3 rings (SSSR count). The highest BCUT2D eigenvalue weighted by Crippen LogP contribution is 2.53. The van der Waals surface area contributed by atoms with Crippen LogP contribution in [0.4, 0.5) is 0 Å². The first kappa shape index (κ1) is 22.9. The molecular weight excluding hydrogens is 535 g/mol. The molecule has 0 bridgehead atoms. The number of halogens is 4. The Labute approximate surface area is 193 Å². The quantitative estimate of drug-likeness (QED) is 0.302. The number of nitrogens with zero attached hydrogens (tertiary/aromatic N) is 5. The SMILES string of the molecule is CC1(CCBr)S[C@@H]2C(NC(=O)Cn3cnnn3)C(=O)N2C1C(=O)OCC(Cl)(Cl)Cl. The number of nitrogens with one attached hydrogen (secondary N) is 1. The Kier molecular flexibility index (Phi) is 6.88. The molecule has 0 radical (unpaired) electrons. The molecule has 3 heterocycles. The second-order valence-electron chi connectivity index (χ2n) is 6.68. The maximum Gasteiger partial charge on any atom is 0.330 e. The summed E-state index contributed by atoms with van der Waals surface area (Å²) < 4.78 is 4.00. The van der Waals surface area contributed by atoms with Gasteiger partial charge in [-0.05, 0) is 23.8 Å². The number of hydrogen-bond donors (Lipinski definition) is 1. The number of ether oxygens (including phenoxy) is 1. The van der Waals surface area contributed by atoms with Crippen LogP contribution in [0.5, 0.6) is 0 Å². The first-order valence-corrected chi connectivity index (χ1v) is 11.5. The van der Waals surface area contributed by atoms with Crippen molar-refractivity contribution >= 4 is 80.3 Å². The van der Waals surface area contributed by atoms with Crippen molar-refractivity contribution in [2.45, 2.75) is 45.9 Å². The van der Waals surface area contributed by atoms with Crippen LogP contribution in [0, 0.1) is 0 Å². The van der Waals surface area contributed by atoms with Gasteiger partial charge in [0.05, 0.1) is 0 Å². The third kappa shape index (κ3) is 4.92. The number of thioether (sulfide) groups is 1. The molecule has 160 valence electrons. The van der Waals surface area contributed by atoms with Crippen LogP contribution in [0.3, 0.4) is 0 Å². The van der Waals surface area contributed by atoms with Gasteiger partial charge in [0.2, 0.25) is 15.6 Å². The van der Waals surface area contributed by atoms with Crippen LogP contribution in [0.15, 0.2) is 6.33 Å². The predicted octanol–water partition coefficient (Wildman–Crippen LogP) is 0.899. The fourth-order valence-corrected chi connectivity index (χ4v) is 6.27. The molecule has 2 saturated heterocycles. The molecule has 15 heteroatoms. The summed E-state index contributed by atoms with van der Waals surface area (Å²) in [4.78, 5) is 39.1. The normalized spacial score (nSPS) is 28.7. The molecule has 2 fully saturated rings. The van der Waals surface area contributed by atoms with Crippen LogP contribution in [0.1, 0.15) is 13.3 Å². The summed E-state index contributed by atoms with van der Waals surface area (Å²) in [7, 11) is 0. The number of β-lactam (4-membered cyclic amide) rings is 1. The van der Waals surface area contributed by atoms with Gasteiger partial charge in [-0.25, -0.2) is 9.48 Å². The molecule has 4 atom stereocenters. The topological polar surface area (TPSA) is 119 Å². The molecule has 2 amide bonds. The molecule has 1 N–H and O–H groups in total. The molecule has 0 aliphatic carbocycles. The summed E-state index contributed by atoms with van der Waals surface area (Å²) in [5, 5.41) is 13.4. The average Bonchev–Trinajstić information content (AvgIpc) is 3.22. The van der Waals surface area contributed by atoms with Crippen LogP contribution in [0.2, 0.25) is 0 Å². The molecule has 1 aromatic heterocycles. The largest absolute Gasteiger partial charge is 0.460 e. The van der Waals surface area contributed by atoms with E-state index in [1.165, 1.54) is 27.7 Å². The average molecular weight is 551 g/mol. The lowest BCUT2D eigenvalue weighted by Crippen LogP contribution is -2.71. The van der Waals surface area contributed by atoms with E-state index in [0.717, 1.165) is 0 Å². The van der Waals surface area contributed by atoms with Crippen LogP contribution in [0.25, 0.3) is 0 Å². The summed E-state index contributed by atoms with van der Waals surface area (Å²) >= 11 is 21.8. The first-order valence-electron chi connectivity index (χ1n) is 8.35. The second-order valence-corrected chi connectivity index (χ2v) is 11.6. The fraction of sp³-hybridized carbons (Fsp3) is 0.714. The first-order chi connectivity index (χ1) is 13.6. The third-order valence-electron chi connectivity index (χ3n) is 4.53. The Morgan fingerprint density at radius 3 is 2.76 bits per heavy atom. The lowest BCUT2D eigenvalue weighted by molar-refractivity contribution is -0.164. The zero-order valence-corrected chi connectivity index (χ0v) is 19.6. The van der Waals surface area contributed by atoms with E-state index in [9.17, 15) is 14.4 Å². The molecule has 10 nitrogen and oxygen atoms in total. The minimum absolute atomic E-state index is 0.123. The van der Waals surface area contributed by atoms with E-state index in [1.54, 1.807) is 0 Å². The highest BCUT2D eigenvalue weighted by molar-refractivity contribution is 9.09. The molecule has 1 aromatic rings. The Morgan fingerprint density at radius 2 is 2.17 bits per heavy atom. The number of carbonyl (C=O) groups is 3. The van der Waals surface area contributed by atoms with Crippen LogP contribution >= 0.6 is 62.5 Å². The van der Waals surface area contributed by atoms with Gasteiger partial charge in [0.25, 0.3) is 0 Å². The van der Waals surface area contributed by atoms with E-state index >= 15 is 0 Å². The number of alkyl halides is 4. The smallest absolute Gasteiger partial charge is 0.330 e. The van der Waals surface area contributed by atoms with Crippen molar-refractivity contribution in [3.63, 3.8) is 0 Å². The standard InChI is InChI=1S/C14H16BrCl3N6O4S/c1-13(2-3-15)9(12(27)28-5-14(16,17)18)24-10(26)8(11(24)29-13)20-7(25)4-23-6-19-21-22-23/h6,8-9,11H,2-5H2,1H3,(H,20,25)/t8?,9?,11-,13?/m1/s1. The molecule has 2 aliphatic heterocycles. The van der Waals surface area contributed by atoms with E-state index in [1.807, 2.05) is 6.92 Å². The Bertz CT molecular complexity index is 797. The van der Waals surface area contributed by atoms with E-state index < -0.39 is 44.5 Å². The van der Waals surface area contributed by atoms with Crippen molar-refractivity contribution < 1.29 is 19.1 Å². The highest BCUT2D eigenvalue weighted by atomic mass is 79.9. The van der Waals surface area contributed by atoms with Gasteiger partial charge in [-0.1, -0.05) is 50.7 Å². The maximum atomic E-state index is 12.7. The molecule has 29 heavy (non-hydrogen) atoms. The van der Waals surface area contributed by atoms with Gasteiger partial charge in [-0.2, -0.15) is 0 Å². The maximum absolute atomic E-state index is 12.7. The number of hydrogen-bond acceptors (Lipinski definition) is 8. The lowest BCUT2D eigenvalue weighted by atomic mass is 9.92. The van der Waals surface area contributed by atoms with Gasteiger partial charge in [-0.15, -0.1) is 16.9 Å². The number of aromatic nitrogens is 4. The van der Waals surface area contributed by atoms with Crippen molar-refractivity contribution in [3.8, 4) is 0 Å². The monoisotopic (exact) mass is 548 g/mol. The van der Waals surface area contributed by atoms with E-state index in [-0.39, 0.29) is 12.5 Å². The molecule has 2 aliphatic rings. The summed E-state index contributed by atoms with van der Waals surface area (Å²) in [6.45, 7) is 1.31. The Balaban J connectivity index is 1.70. The van der Waals surface area contributed by atoms with Crippen LogP contribution in [-0.4, -0.2) is 80.8 Å². The second kappa shape index (κ2) is 8.74. The van der Waals surface area contributed by atoms with Crippen molar-refractivity contribution in [3.05, 3.63) is 6.33 Å². The van der Waals surface area contributed by atoms with Crippen molar-refractivity contribution in [1.82, 2.24) is 30.4 Å². The number of amides is 2. The van der Waals surface area contributed by atoms with Crippen molar-refractivity contribution in [2.24, 2.45) is 0 Å². The number of tetrazole rings is 1. The number of esters is 1. The zero-order valence-electron chi connectivity index (χ0n) is 14.9. The van der Waals surface area contributed by atoms with Gasteiger partial charge >= 0.3 is 5.97 Å². The van der Waals surface area contributed by atoms with E-state index in [0.29, 0.717) is 11.8 Å². The number of fused-ring (bicyclic) bond motifs is 1. The minimum atomic E-state index is -1.75. The van der Waals surface area contributed by atoms with Crippen LogP contribution < -0.4 is 5.32 Å². The summed E-state index contributed by atoms with van der Waals surface area (Å²) in [6, 6.07) is -1.62. The van der Waals surface area contributed by atoms with Gasteiger partial charge in [0.1, 0.15) is 36.9 Å². The van der Waals surface area contributed by atoms with Crippen LogP contribution in [-0.2, 0) is 25.7 Å². The van der Waals surface area contributed by atoms with E-state index in [2.05, 4.69) is 36.8 Å². The predicted molar refractivity (Wildman–Crippen MR) is 110 cm³/mol. The zero-order chi connectivity index (χ0) is 21.4. The Morgan fingerprint density at radius 1 is 1.45 bits per heavy atom. The van der Waals surface area contributed by atoms with Gasteiger partial charge in [0, 0.05) is 10.1 Å². The lowest BCUT2D eigenvalue weighted by Gasteiger charge is -2.44.